The van der Waals surface area contributed by atoms with Gasteiger partial charge in [-0.3, -0.25) is 4.79 Å². The van der Waals surface area contributed by atoms with Crippen LogP contribution in [0.5, 0.6) is 5.75 Å². The van der Waals surface area contributed by atoms with E-state index in [2.05, 4.69) is 60.6 Å². The first kappa shape index (κ1) is 20.7. The summed E-state index contributed by atoms with van der Waals surface area (Å²) in [6, 6.07) is 18.4. The second-order valence-electron chi connectivity index (χ2n) is 7.66. The van der Waals surface area contributed by atoms with E-state index in [1.807, 2.05) is 24.3 Å². The standard InChI is InChI=1S/C25H30N2O2/c1-4-16-29-24-14-8-13-22-21(24)17-23(25(28)26-18-19(2)3)27(22)15-9-12-20-10-6-5-7-11-20/h4-8,10-11,13-14,17,19H,1,9,12,15-16,18H2,2-3H3,(H,26,28). The maximum Gasteiger partial charge on any atom is 0.267 e. The Morgan fingerprint density at radius 3 is 2.69 bits per heavy atom. The quantitative estimate of drug-likeness (QED) is 0.482. The summed E-state index contributed by atoms with van der Waals surface area (Å²) >= 11 is 0. The highest BCUT2D eigenvalue weighted by Crippen LogP contribution is 2.29. The van der Waals surface area contributed by atoms with Crippen molar-refractivity contribution in [2.75, 3.05) is 13.2 Å². The van der Waals surface area contributed by atoms with Crippen LogP contribution in [0.25, 0.3) is 10.9 Å². The number of hydrogen-bond donors (Lipinski definition) is 1. The number of carbonyl (C=O) groups excluding carboxylic acids is 1. The van der Waals surface area contributed by atoms with Crippen LogP contribution in [0.1, 0.15) is 36.3 Å². The van der Waals surface area contributed by atoms with Gasteiger partial charge in [0.15, 0.2) is 0 Å². The first-order valence-corrected chi connectivity index (χ1v) is 10.3. The molecule has 2 aromatic carbocycles. The van der Waals surface area contributed by atoms with Gasteiger partial charge in [0, 0.05) is 18.5 Å². The summed E-state index contributed by atoms with van der Waals surface area (Å²) in [7, 11) is 0. The highest BCUT2D eigenvalue weighted by atomic mass is 16.5. The SMILES string of the molecule is C=CCOc1cccc2c1cc(C(=O)NCC(C)C)n2CCCc1ccccc1. The fourth-order valence-electron chi connectivity index (χ4n) is 3.43. The maximum atomic E-state index is 12.9. The third-order valence-electron chi connectivity index (χ3n) is 4.86. The fraction of sp³-hybridized carbons (Fsp3) is 0.320. The van der Waals surface area contributed by atoms with Crippen LogP contribution in [0.15, 0.2) is 67.3 Å². The minimum atomic E-state index is -0.0377. The van der Waals surface area contributed by atoms with Crippen molar-refractivity contribution in [1.82, 2.24) is 9.88 Å². The monoisotopic (exact) mass is 390 g/mol. The first-order valence-electron chi connectivity index (χ1n) is 10.3. The largest absolute Gasteiger partial charge is 0.489 e. The van der Waals surface area contributed by atoms with Crippen LogP contribution >= 0.6 is 0 Å². The Hall–Kier alpha value is -3.01. The number of ether oxygens (including phenoxy) is 1. The average Bonchev–Trinajstić information content (AvgIpc) is 3.10. The minimum Gasteiger partial charge on any atom is -0.489 e. The number of aromatic nitrogens is 1. The van der Waals surface area contributed by atoms with E-state index in [4.69, 9.17) is 4.74 Å². The lowest BCUT2D eigenvalue weighted by molar-refractivity contribution is 0.0940. The average molecular weight is 391 g/mol. The van der Waals surface area contributed by atoms with E-state index in [0.29, 0.717) is 24.8 Å². The highest BCUT2D eigenvalue weighted by Gasteiger charge is 2.18. The zero-order chi connectivity index (χ0) is 20.6. The normalized spacial score (nSPS) is 11.0. The van der Waals surface area contributed by atoms with E-state index in [1.165, 1.54) is 5.56 Å². The topological polar surface area (TPSA) is 43.3 Å². The second-order valence-corrected chi connectivity index (χ2v) is 7.66. The smallest absolute Gasteiger partial charge is 0.267 e. The molecule has 152 valence electrons. The number of rotatable bonds is 10. The molecule has 3 rings (SSSR count). The molecule has 0 saturated heterocycles. The second kappa shape index (κ2) is 9.97. The lowest BCUT2D eigenvalue weighted by atomic mass is 10.1. The van der Waals surface area contributed by atoms with E-state index >= 15 is 0 Å². The molecule has 0 aliphatic carbocycles. The predicted molar refractivity (Wildman–Crippen MR) is 120 cm³/mol. The van der Waals surface area contributed by atoms with Crippen molar-refractivity contribution in [3.05, 3.63) is 78.5 Å². The Morgan fingerprint density at radius 1 is 1.17 bits per heavy atom. The van der Waals surface area contributed by atoms with E-state index in [1.54, 1.807) is 6.08 Å². The van der Waals surface area contributed by atoms with Crippen molar-refractivity contribution in [3.8, 4) is 5.75 Å². The molecule has 0 radical (unpaired) electrons. The zero-order valence-corrected chi connectivity index (χ0v) is 17.4. The molecule has 4 nitrogen and oxygen atoms in total. The molecule has 1 aromatic heterocycles. The molecule has 0 spiro atoms. The Bertz CT molecular complexity index is 958. The molecule has 1 N–H and O–H groups in total. The molecular weight excluding hydrogens is 360 g/mol. The summed E-state index contributed by atoms with van der Waals surface area (Å²) in [6.07, 6.45) is 3.65. The number of amides is 1. The number of carbonyl (C=O) groups is 1. The van der Waals surface area contributed by atoms with Gasteiger partial charge in [0.25, 0.3) is 5.91 Å². The highest BCUT2D eigenvalue weighted by molar-refractivity contribution is 6.00. The van der Waals surface area contributed by atoms with Gasteiger partial charge in [-0.15, -0.1) is 0 Å². The van der Waals surface area contributed by atoms with Gasteiger partial charge in [-0.2, -0.15) is 0 Å². The summed E-state index contributed by atoms with van der Waals surface area (Å²) in [5.41, 5.74) is 3.02. The summed E-state index contributed by atoms with van der Waals surface area (Å²) < 4.78 is 7.95. The summed E-state index contributed by atoms with van der Waals surface area (Å²) in [5, 5.41) is 4.02. The van der Waals surface area contributed by atoms with E-state index in [-0.39, 0.29) is 5.91 Å². The molecule has 0 aliphatic rings. The van der Waals surface area contributed by atoms with E-state index in [0.717, 1.165) is 36.0 Å². The van der Waals surface area contributed by atoms with Crippen LogP contribution in [-0.2, 0) is 13.0 Å². The van der Waals surface area contributed by atoms with Crippen molar-refractivity contribution in [2.24, 2.45) is 5.92 Å². The molecule has 0 atom stereocenters. The van der Waals surface area contributed by atoms with Crippen LogP contribution in [0, 0.1) is 5.92 Å². The van der Waals surface area contributed by atoms with Crippen LogP contribution < -0.4 is 10.1 Å². The van der Waals surface area contributed by atoms with Crippen LogP contribution in [0.3, 0.4) is 0 Å². The van der Waals surface area contributed by atoms with Gasteiger partial charge in [-0.25, -0.2) is 0 Å². The molecule has 0 saturated carbocycles. The third-order valence-corrected chi connectivity index (χ3v) is 4.86. The molecule has 29 heavy (non-hydrogen) atoms. The van der Waals surface area contributed by atoms with E-state index < -0.39 is 0 Å². The fourth-order valence-corrected chi connectivity index (χ4v) is 3.43. The Labute approximate surface area is 173 Å². The number of fused-ring (bicyclic) bond motifs is 1. The van der Waals surface area contributed by atoms with Gasteiger partial charge in [-0.05, 0) is 42.5 Å². The van der Waals surface area contributed by atoms with Gasteiger partial charge in [0.05, 0.1) is 5.52 Å². The van der Waals surface area contributed by atoms with Crippen molar-refractivity contribution < 1.29 is 9.53 Å². The van der Waals surface area contributed by atoms with Crippen LogP contribution in [0.2, 0.25) is 0 Å². The van der Waals surface area contributed by atoms with E-state index in [9.17, 15) is 4.79 Å². The number of benzene rings is 2. The molecular formula is C25H30N2O2. The molecule has 0 bridgehead atoms. The lowest BCUT2D eigenvalue weighted by Gasteiger charge is -2.12. The molecule has 0 fully saturated rings. The Balaban J connectivity index is 1.89. The van der Waals surface area contributed by atoms with Gasteiger partial charge in [0.1, 0.15) is 18.1 Å². The van der Waals surface area contributed by atoms with Gasteiger partial charge >= 0.3 is 0 Å². The number of nitrogens with one attached hydrogen (secondary N) is 1. The van der Waals surface area contributed by atoms with Gasteiger partial charge in [0.2, 0.25) is 0 Å². The predicted octanol–water partition coefficient (Wildman–Crippen LogP) is 5.22. The molecule has 3 aromatic rings. The van der Waals surface area contributed by atoms with Crippen LogP contribution in [0.4, 0.5) is 0 Å². The van der Waals surface area contributed by atoms with Crippen molar-refractivity contribution in [2.45, 2.75) is 33.2 Å². The third kappa shape index (κ3) is 5.29. The van der Waals surface area contributed by atoms with Crippen molar-refractivity contribution >= 4 is 16.8 Å². The summed E-state index contributed by atoms with van der Waals surface area (Å²) in [6.45, 7) is 9.78. The molecule has 1 heterocycles. The minimum absolute atomic E-state index is 0.0377. The number of aryl methyl sites for hydroxylation is 2. The summed E-state index contributed by atoms with van der Waals surface area (Å²) in [4.78, 5) is 12.9. The number of hydrogen-bond acceptors (Lipinski definition) is 2. The van der Waals surface area contributed by atoms with Crippen molar-refractivity contribution in [3.63, 3.8) is 0 Å². The van der Waals surface area contributed by atoms with Gasteiger partial charge < -0.3 is 14.6 Å². The Morgan fingerprint density at radius 2 is 1.97 bits per heavy atom. The molecule has 0 aliphatic heterocycles. The van der Waals surface area contributed by atoms with Crippen molar-refractivity contribution in [1.29, 1.82) is 0 Å². The number of nitrogens with zero attached hydrogens (tertiary/aromatic N) is 1. The molecule has 4 heteroatoms. The first-order chi connectivity index (χ1) is 14.1. The lowest BCUT2D eigenvalue weighted by Crippen LogP contribution is -2.29. The maximum absolute atomic E-state index is 12.9. The summed E-state index contributed by atoms with van der Waals surface area (Å²) in [5.74, 6) is 1.15. The Kier molecular flexibility index (Phi) is 7.12. The van der Waals surface area contributed by atoms with Gasteiger partial charge in [-0.1, -0.05) is 62.9 Å². The zero-order valence-electron chi connectivity index (χ0n) is 17.4. The molecule has 0 unspecified atom stereocenters. The van der Waals surface area contributed by atoms with Crippen LogP contribution in [-0.4, -0.2) is 23.6 Å². The molecule has 1 amide bonds.